The number of benzene rings is 1. The number of nitrogens with zero attached hydrogens (tertiary/aromatic N) is 3. The molecule has 0 bridgehead atoms. The first-order valence-electron chi connectivity index (χ1n) is 8.64. The summed E-state index contributed by atoms with van der Waals surface area (Å²) < 4.78 is 0. The Morgan fingerprint density at radius 1 is 1.07 bits per heavy atom. The van der Waals surface area contributed by atoms with E-state index in [4.69, 9.17) is 0 Å². The molecule has 1 aromatic heterocycles. The molecule has 3 amide bonds. The molecule has 2 aliphatic rings. The number of carbonyl (C=O) groups is 3. The molecule has 0 unspecified atom stereocenters. The highest BCUT2D eigenvalue weighted by Gasteiger charge is 2.36. The lowest BCUT2D eigenvalue weighted by atomic mass is 10.0. The number of imide groups is 1. The molecular formula is C19H17N5O3. The average molecular weight is 363 g/mol. The molecule has 8 heteroatoms. The van der Waals surface area contributed by atoms with E-state index < -0.39 is 5.91 Å². The smallest absolute Gasteiger partial charge is 0.274 e. The van der Waals surface area contributed by atoms with Crippen LogP contribution in [0.5, 0.6) is 0 Å². The molecule has 0 aliphatic carbocycles. The second-order valence-corrected chi connectivity index (χ2v) is 6.35. The molecule has 0 spiro atoms. The Morgan fingerprint density at radius 2 is 1.89 bits per heavy atom. The van der Waals surface area contributed by atoms with Crippen molar-refractivity contribution in [3.63, 3.8) is 0 Å². The lowest BCUT2D eigenvalue weighted by Gasteiger charge is -2.27. The van der Waals surface area contributed by atoms with Crippen molar-refractivity contribution in [1.82, 2.24) is 20.4 Å². The first kappa shape index (κ1) is 16.9. The molecule has 4 rings (SSSR count). The van der Waals surface area contributed by atoms with E-state index in [0.717, 1.165) is 12.0 Å². The molecule has 2 aromatic rings. The largest absolute Gasteiger partial charge is 0.357 e. The maximum atomic E-state index is 12.4. The fourth-order valence-electron chi connectivity index (χ4n) is 3.28. The van der Waals surface area contributed by atoms with E-state index in [2.05, 4.69) is 20.8 Å². The van der Waals surface area contributed by atoms with Gasteiger partial charge in [0, 0.05) is 17.7 Å². The van der Waals surface area contributed by atoms with E-state index in [-0.39, 0.29) is 18.4 Å². The van der Waals surface area contributed by atoms with E-state index in [0.29, 0.717) is 35.7 Å². The van der Waals surface area contributed by atoms with Gasteiger partial charge in [0.1, 0.15) is 5.70 Å². The van der Waals surface area contributed by atoms with Gasteiger partial charge < -0.3 is 10.2 Å². The molecule has 136 valence electrons. The summed E-state index contributed by atoms with van der Waals surface area (Å²) in [5, 5.41) is 13.1. The summed E-state index contributed by atoms with van der Waals surface area (Å²) in [5.74, 6) is -0.785. The second-order valence-electron chi connectivity index (χ2n) is 6.35. The van der Waals surface area contributed by atoms with Gasteiger partial charge in [-0.15, -0.1) is 10.2 Å². The topological polar surface area (TPSA) is 104 Å². The van der Waals surface area contributed by atoms with Gasteiger partial charge in [0.2, 0.25) is 5.91 Å². The molecule has 0 saturated heterocycles. The lowest BCUT2D eigenvalue weighted by molar-refractivity contribution is -0.124. The summed E-state index contributed by atoms with van der Waals surface area (Å²) in [5.41, 5.74) is 2.42. The highest BCUT2D eigenvalue weighted by atomic mass is 16.2. The number of anilines is 1. The van der Waals surface area contributed by atoms with Crippen LogP contribution in [0, 0.1) is 0 Å². The molecule has 2 N–H and O–H groups in total. The maximum Gasteiger partial charge on any atom is 0.274 e. The van der Waals surface area contributed by atoms with Crippen LogP contribution in [0.4, 0.5) is 5.82 Å². The molecule has 0 atom stereocenters. The normalized spacial score (nSPS) is 16.2. The van der Waals surface area contributed by atoms with Crippen molar-refractivity contribution >= 4 is 23.5 Å². The SMILES string of the molecule is O=C(CN1CCCC2=C1C(=O)NC2=O)Nc1ccc(-c2ccccc2)nn1. The van der Waals surface area contributed by atoms with E-state index in [1.807, 2.05) is 30.3 Å². The zero-order valence-electron chi connectivity index (χ0n) is 14.4. The van der Waals surface area contributed by atoms with Crippen molar-refractivity contribution in [3.05, 3.63) is 53.7 Å². The van der Waals surface area contributed by atoms with Gasteiger partial charge in [0.05, 0.1) is 12.2 Å². The molecular weight excluding hydrogens is 346 g/mol. The summed E-state index contributed by atoms with van der Waals surface area (Å²) in [6.07, 6.45) is 1.27. The Balaban J connectivity index is 1.42. The fraction of sp³-hybridized carbons (Fsp3) is 0.211. The minimum atomic E-state index is -0.436. The van der Waals surface area contributed by atoms with Crippen molar-refractivity contribution < 1.29 is 14.4 Å². The molecule has 0 radical (unpaired) electrons. The van der Waals surface area contributed by atoms with Crippen LogP contribution in [-0.4, -0.2) is 45.9 Å². The van der Waals surface area contributed by atoms with Crippen LogP contribution in [-0.2, 0) is 14.4 Å². The van der Waals surface area contributed by atoms with Gasteiger partial charge in [0.15, 0.2) is 5.82 Å². The van der Waals surface area contributed by atoms with E-state index in [9.17, 15) is 14.4 Å². The van der Waals surface area contributed by atoms with Gasteiger partial charge in [-0.1, -0.05) is 30.3 Å². The summed E-state index contributed by atoms with van der Waals surface area (Å²) in [6, 6.07) is 13.1. The second kappa shape index (κ2) is 6.99. The molecule has 3 heterocycles. The first-order chi connectivity index (χ1) is 13.1. The summed E-state index contributed by atoms with van der Waals surface area (Å²) in [6.45, 7) is 0.521. The number of amides is 3. The van der Waals surface area contributed by atoms with Crippen LogP contribution in [0.15, 0.2) is 53.7 Å². The van der Waals surface area contributed by atoms with Crippen LogP contribution >= 0.6 is 0 Å². The van der Waals surface area contributed by atoms with Gasteiger partial charge in [-0.05, 0) is 25.0 Å². The zero-order chi connectivity index (χ0) is 18.8. The Bertz CT molecular complexity index is 938. The third-order valence-electron chi connectivity index (χ3n) is 4.51. The monoisotopic (exact) mass is 363 g/mol. The predicted octanol–water partition coefficient (Wildman–Crippen LogP) is 1.09. The van der Waals surface area contributed by atoms with Gasteiger partial charge >= 0.3 is 0 Å². The molecule has 2 aliphatic heterocycles. The van der Waals surface area contributed by atoms with Crippen molar-refractivity contribution in [3.8, 4) is 11.3 Å². The van der Waals surface area contributed by atoms with Gasteiger partial charge in [-0.25, -0.2) is 0 Å². The Hall–Kier alpha value is -3.55. The van der Waals surface area contributed by atoms with Gasteiger partial charge in [-0.3, -0.25) is 19.7 Å². The van der Waals surface area contributed by atoms with Gasteiger partial charge in [-0.2, -0.15) is 0 Å². The van der Waals surface area contributed by atoms with Gasteiger partial charge in [0.25, 0.3) is 11.8 Å². The number of hydrogen-bond acceptors (Lipinski definition) is 6. The van der Waals surface area contributed by atoms with Crippen LogP contribution in [0.3, 0.4) is 0 Å². The van der Waals surface area contributed by atoms with Crippen LogP contribution in [0.1, 0.15) is 12.8 Å². The molecule has 0 fully saturated rings. The number of carbonyl (C=O) groups excluding carboxylic acids is 3. The van der Waals surface area contributed by atoms with Crippen molar-refractivity contribution in [2.24, 2.45) is 0 Å². The molecule has 8 nitrogen and oxygen atoms in total. The third-order valence-corrected chi connectivity index (χ3v) is 4.51. The van der Waals surface area contributed by atoms with Crippen molar-refractivity contribution in [2.45, 2.75) is 12.8 Å². The van der Waals surface area contributed by atoms with Crippen molar-refractivity contribution in [2.75, 3.05) is 18.4 Å². The molecule has 0 saturated carbocycles. The number of nitrogens with one attached hydrogen (secondary N) is 2. The predicted molar refractivity (Wildman–Crippen MR) is 97.1 cm³/mol. The Labute approximate surface area is 155 Å². The fourth-order valence-corrected chi connectivity index (χ4v) is 3.28. The van der Waals surface area contributed by atoms with E-state index in [1.165, 1.54) is 0 Å². The Kier molecular flexibility index (Phi) is 4.37. The zero-order valence-corrected chi connectivity index (χ0v) is 14.4. The Morgan fingerprint density at radius 3 is 2.63 bits per heavy atom. The number of aromatic nitrogens is 2. The highest BCUT2D eigenvalue weighted by Crippen LogP contribution is 2.26. The number of hydrogen-bond donors (Lipinski definition) is 2. The minimum absolute atomic E-state index is 0.0261. The first-order valence-corrected chi connectivity index (χ1v) is 8.64. The third kappa shape index (κ3) is 3.41. The summed E-state index contributed by atoms with van der Waals surface area (Å²) in [4.78, 5) is 37.7. The van der Waals surface area contributed by atoms with Crippen LogP contribution < -0.4 is 10.6 Å². The highest BCUT2D eigenvalue weighted by molar-refractivity contribution is 6.19. The molecule has 1 aromatic carbocycles. The lowest BCUT2D eigenvalue weighted by Crippen LogP contribution is -2.38. The van der Waals surface area contributed by atoms with Crippen LogP contribution in [0.25, 0.3) is 11.3 Å². The average Bonchev–Trinajstić information content (AvgIpc) is 2.98. The van der Waals surface area contributed by atoms with E-state index >= 15 is 0 Å². The number of rotatable bonds is 4. The summed E-state index contributed by atoms with van der Waals surface area (Å²) >= 11 is 0. The van der Waals surface area contributed by atoms with E-state index in [1.54, 1.807) is 17.0 Å². The minimum Gasteiger partial charge on any atom is -0.357 e. The molecule has 27 heavy (non-hydrogen) atoms. The quantitative estimate of drug-likeness (QED) is 0.788. The van der Waals surface area contributed by atoms with Crippen molar-refractivity contribution in [1.29, 1.82) is 0 Å². The maximum absolute atomic E-state index is 12.4. The van der Waals surface area contributed by atoms with Crippen LogP contribution in [0.2, 0.25) is 0 Å². The summed E-state index contributed by atoms with van der Waals surface area (Å²) in [7, 11) is 0. The standard InChI is InChI=1S/C19H17N5O3/c25-16(11-24-10-4-7-13-17(24)19(27)21-18(13)26)20-15-9-8-14(22-23-15)12-5-2-1-3-6-12/h1-3,5-6,8-9H,4,7,10-11H2,(H,20,23,25)(H,21,26,27).